The van der Waals surface area contributed by atoms with E-state index in [1.165, 1.54) is 23.3 Å². The second-order valence-electron chi connectivity index (χ2n) is 4.94. The van der Waals surface area contributed by atoms with Crippen molar-refractivity contribution in [3.8, 4) is 0 Å². The highest BCUT2D eigenvalue weighted by atomic mass is 35.5. The fourth-order valence-corrected chi connectivity index (χ4v) is 3.66. The third-order valence-corrected chi connectivity index (χ3v) is 4.71. The molecular weight excluding hydrogens is 326 g/mol. The zero-order chi connectivity index (χ0) is 15.7. The Morgan fingerprint density at radius 3 is 3.09 bits per heavy atom. The average Bonchev–Trinajstić information content (AvgIpc) is 3.11. The van der Waals surface area contributed by atoms with E-state index in [4.69, 9.17) is 16.3 Å². The zero-order valence-corrected chi connectivity index (χ0v) is 13.4. The van der Waals surface area contributed by atoms with Gasteiger partial charge in [0.05, 0.1) is 17.3 Å². The number of aromatic nitrogens is 1. The highest BCUT2D eigenvalue weighted by Crippen LogP contribution is 2.29. The molecule has 1 fully saturated rings. The summed E-state index contributed by atoms with van der Waals surface area (Å²) in [6.45, 7) is 0.528. The Balaban J connectivity index is 1.76. The molecule has 0 spiro atoms. The van der Waals surface area contributed by atoms with E-state index in [1.807, 2.05) is 0 Å². The molecule has 1 aromatic heterocycles. The van der Waals surface area contributed by atoms with Crippen molar-refractivity contribution in [1.82, 2.24) is 9.88 Å². The predicted molar refractivity (Wildman–Crippen MR) is 85.4 cm³/mol. The second kappa shape index (κ2) is 6.10. The van der Waals surface area contributed by atoms with E-state index in [-0.39, 0.29) is 5.91 Å². The summed E-state index contributed by atoms with van der Waals surface area (Å²) in [5.41, 5.74) is 0.779. The topological polar surface area (TPSA) is 71.5 Å². The molecule has 1 aromatic carbocycles. The number of methoxy groups -OCH3 is 1. The van der Waals surface area contributed by atoms with Crippen LogP contribution in [0.1, 0.15) is 12.8 Å². The van der Waals surface area contributed by atoms with Crippen molar-refractivity contribution in [3.63, 3.8) is 0 Å². The first kappa shape index (κ1) is 15.1. The monoisotopic (exact) mass is 339 g/mol. The standard InChI is InChI=1S/C14H14ClN3O3S/c1-21-14(20)18-6-2-3-10(18)12(19)17-13-16-9-5-4-8(15)7-11(9)22-13/h4-5,7,10H,2-3,6H2,1H3,(H,16,17,19). The lowest BCUT2D eigenvalue weighted by atomic mass is 10.2. The van der Waals surface area contributed by atoms with Gasteiger partial charge >= 0.3 is 6.09 Å². The van der Waals surface area contributed by atoms with Gasteiger partial charge in [-0.15, -0.1) is 0 Å². The van der Waals surface area contributed by atoms with Gasteiger partial charge in [0.15, 0.2) is 5.13 Å². The molecule has 1 saturated heterocycles. The minimum atomic E-state index is -0.511. The number of fused-ring (bicyclic) bond motifs is 1. The SMILES string of the molecule is COC(=O)N1CCCC1C(=O)Nc1nc2ccc(Cl)cc2s1. The van der Waals surface area contributed by atoms with E-state index < -0.39 is 12.1 Å². The summed E-state index contributed by atoms with van der Waals surface area (Å²) in [5.74, 6) is -0.243. The van der Waals surface area contributed by atoms with Crippen LogP contribution in [0.2, 0.25) is 5.02 Å². The van der Waals surface area contributed by atoms with Gasteiger partial charge < -0.3 is 10.1 Å². The summed E-state index contributed by atoms with van der Waals surface area (Å²) in [6.07, 6.45) is 0.925. The van der Waals surface area contributed by atoms with Crippen LogP contribution >= 0.6 is 22.9 Å². The molecule has 2 heterocycles. The van der Waals surface area contributed by atoms with Crippen molar-refractivity contribution in [2.45, 2.75) is 18.9 Å². The number of hydrogen-bond acceptors (Lipinski definition) is 5. The van der Waals surface area contributed by atoms with Gasteiger partial charge in [0, 0.05) is 11.6 Å². The number of nitrogens with one attached hydrogen (secondary N) is 1. The fourth-order valence-electron chi connectivity index (χ4n) is 2.52. The van der Waals surface area contributed by atoms with Crippen molar-refractivity contribution in [1.29, 1.82) is 0 Å². The van der Waals surface area contributed by atoms with E-state index in [2.05, 4.69) is 10.3 Å². The summed E-state index contributed by atoms with van der Waals surface area (Å²) in [4.78, 5) is 29.8. The van der Waals surface area contributed by atoms with E-state index >= 15 is 0 Å². The van der Waals surface area contributed by atoms with Gasteiger partial charge in [-0.1, -0.05) is 22.9 Å². The highest BCUT2D eigenvalue weighted by Gasteiger charge is 2.35. The normalized spacial score (nSPS) is 17.7. The maximum absolute atomic E-state index is 12.4. The molecule has 6 nitrogen and oxygen atoms in total. The molecular formula is C14H14ClN3O3S. The first-order valence-electron chi connectivity index (χ1n) is 6.80. The summed E-state index contributed by atoms with van der Waals surface area (Å²) in [5, 5.41) is 3.90. The van der Waals surface area contributed by atoms with Gasteiger partial charge in [-0.2, -0.15) is 0 Å². The number of halogens is 1. The van der Waals surface area contributed by atoms with Crippen molar-refractivity contribution in [2.75, 3.05) is 19.0 Å². The number of benzene rings is 1. The first-order chi connectivity index (χ1) is 10.6. The van der Waals surface area contributed by atoms with Gasteiger partial charge in [0.2, 0.25) is 5.91 Å². The molecule has 22 heavy (non-hydrogen) atoms. The number of likely N-dealkylation sites (tertiary alicyclic amines) is 1. The first-order valence-corrected chi connectivity index (χ1v) is 7.99. The number of carbonyl (C=O) groups is 2. The fraction of sp³-hybridized carbons (Fsp3) is 0.357. The molecule has 0 bridgehead atoms. The number of nitrogens with zero attached hydrogens (tertiary/aromatic N) is 2. The number of hydrogen-bond donors (Lipinski definition) is 1. The molecule has 2 aromatic rings. The van der Waals surface area contributed by atoms with E-state index in [0.717, 1.165) is 16.6 Å². The molecule has 1 atom stereocenters. The molecule has 116 valence electrons. The van der Waals surface area contributed by atoms with Crippen molar-refractivity contribution in [2.24, 2.45) is 0 Å². The minimum Gasteiger partial charge on any atom is -0.453 e. The third kappa shape index (κ3) is 2.86. The lowest BCUT2D eigenvalue weighted by Gasteiger charge is -2.21. The molecule has 8 heteroatoms. The molecule has 0 radical (unpaired) electrons. The number of thiazole rings is 1. The summed E-state index contributed by atoms with van der Waals surface area (Å²) >= 11 is 7.29. The summed E-state index contributed by atoms with van der Waals surface area (Å²) in [6, 6.07) is 4.86. The predicted octanol–water partition coefficient (Wildman–Crippen LogP) is 3.12. The molecule has 1 aliphatic heterocycles. The lowest BCUT2D eigenvalue weighted by Crippen LogP contribution is -2.43. The smallest absolute Gasteiger partial charge is 0.410 e. The van der Waals surface area contributed by atoms with Gasteiger partial charge in [0.1, 0.15) is 6.04 Å². The minimum absolute atomic E-state index is 0.243. The maximum atomic E-state index is 12.4. The van der Waals surface area contributed by atoms with Crippen LogP contribution in [-0.2, 0) is 9.53 Å². The van der Waals surface area contributed by atoms with Crippen LogP contribution in [0.25, 0.3) is 10.2 Å². The number of amides is 2. The Bertz CT molecular complexity index is 733. The van der Waals surface area contributed by atoms with Crippen LogP contribution in [0.3, 0.4) is 0 Å². The van der Waals surface area contributed by atoms with E-state index in [9.17, 15) is 9.59 Å². The van der Waals surface area contributed by atoms with Crippen molar-refractivity contribution in [3.05, 3.63) is 23.2 Å². The van der Waals surface area contributed by atoms with Gasteiger partial charge in [0.25, 0.3) is 0 Å². The van der Waals surface area contributed by atoms with Crippen LogP contribution in [0.15, 0.2) is 18.2 Å². The number of anilines is 1. The molecule has 0 saturated carbocycles. The highest BCUT2D eigenvalue weighted by molar-refractivity contribution is 7.22. The number of rotatable bonds is 2. The van der Waals surface area contributed by atoms with Crippen molar-refractivity contribution < 1.29 is 14.3 Å². The Labute approximate surface area is 136 Å². The molecule has 3 rings (SSSR count). The van der Waals surface area contributed by atoms with Gasteiger partial charge in [-0.25, -0.2) is 9.78 Å². The van der Waals surface area contributed by atoms with E-state index in [0.29, 0.717) is 23.1 Å². The Hall–Kier alpha value is -1.86. The van der Waals surface area contributed by atoms with Crippen LogP contribution < -0.4 is 5.32 Å². The number of ether oxygens (including phenoxy) is 1. The largest absolute Gasteiger partial charge is 0.453 e. The van der Waals surface area contributed by atoms with Crippen LogP contribution in [0.4, 0.5) is 9.93 Å². The summed E-state index contributed by atoms with van der Waals surface area (Å²) in [7, 11) is 1.31. The van der Waals surface area contributed by atoms with Crippen LogP contribution in [0, 0.1) is 0 Å². The van der Waals surface area contributed by atoms with Crippen LogP contribution in [-0.4, -0.2) is 41.6 Å². The zero-order valence-electron chi connectivity index (χ0n) is 11.8. The molecule has 1 aliphatic rings. The molecule has 0 aliphatic carbocycles. The van der Waals surface area contributed by atoms with Crippen molar-refractivity contribution >= 4 is 50.3 Å². The maximum Gasteiger partial charge on any atom is 0.410 e. The van der Waals surface area contributed by atoms with Gasteiger partial charge in [-0.3, -0.25) is 9.69 Å². The quantitative estimate of drug-likeness (QED) is 0.912. The Morgan fingerprint density at radius 2 is 2.32 bits per heavy atom. The van der Waals surface area contributed by atoms with E-state index in [1.54, 1.807) is 18.2 Å². The molecule has 1 unspecified atom stereocenters. The van der Waals surface area contributed by atoms with Gasteiger partial charge in [-0.05, 0) is 31.0 Å². The number of carbonyl (C=O) groups excluding carboxylic acids is 2. The Morgan fingerprint density at radius 1 is 1.50 bits per heavy atom. The third-order valence-electron chi connectivity index (χ3n) is 3.55. The summed E-state index contributed by atoms with van der Waals surface area (Å²) < 4.78 is 5.61. The molecule has 2 amide bonds. The second-order valence-corrected chi connectivity index (χ2v) is 6.41. The van der Waals surface area contributed by atoms with Crippen LogP contribution in [0.5, 0.6) is 0 Å². The molecule has 1 N–H and O–H groups in total. The Kier molecular flexibility index (Phi) is 4.17. The lowest BCUT2D eigenvalue weighted by molar-refractivity contribution is -0.119. The average molecular weight is 340 g/mol.